The minimum Gasteiger partial charge on any atom is -0.744 e. The number of benzene rings is 2. The van der Waals surface area contributed by atoms with Crippen LogP contribution in [-0.4, -0.2) is 19.6 Å². The van der Waals surface area contributed by atoms with Crippen LogP contribution in [0.4, 0.5) is 0 Å². The molecule has 2 rings (SSSR count). The second kappa shape index (κ2) is 7.43. The second-order valence-corrected chi connectivity index (χ2v) is 5.61. The van der Waals surface area contributed by atoms with Gasteiger partial charge in [-0.1, -0.05) is 37.6 Å². The van der Waals surface area contributed by atoms with Crippen molar-refractivity contribution in [2.24, 2.45) is 0 Å². The molecule has 0 radical (unpaired) electrons. The molecule has 6 heteroatoms. The fourth-order valence-corrected chi connectivity index (χ4v) is 2.62. The van der Waals surface area contributed by atoms with Gasteiger partial charge in [-0.2, -0.15) is 0 Å². The van der Waals surface area contributed by atoms with Crippen molar-refractivity contribution in [3.63, 3.8) is 0 Å². The minimum atomic E-state index is -4.48. The number of fused-ring (bicyclic) bond motifs is 1. The Morgan fingerprint density at radius 1 is 1.10 bits per heavy atom. The van der Waals surface area contributed by atoms with Crippen LogP contribution in [0.1, 0.15) is 19.8 Å². The summed E-state index contributed by atoms with van der Waals surface area (Å²) in [5, 5.41) is 1.06. The molecule has 0 unspecified atom stereocenters. The Morgan fingerprint density at radius 2 is 1.75 bits per heavy atom. The first-order valence-electron chi connectivity index (χ1n) is 6.14. The number of rotatable bonds is 5. The summed E-state index contributed by atoms with van der Waals surface area (Å²) in [6.07, 6.45) is 1.95. The van der Waals surface area contributed by atoms with Crippen molar-refractivity contribution >= 4 is 20.9 Å². The van der Waals surface area contributed by atoms with Gasteiger partial charge in [-0.15, -0.1) is 0 Å². The Bertz CT molecular complexity index is 683. The van der Waals surface area contributed by atoms with Gasteiger partial charge >= 0.3 is 29.6 Å². The van der Waals surface area contributed by atoms with Gasteiger partial charge in [0.2, 0.25) is 0 Å². The Labute approximate surface area is 141 Å². The molecule has 102 valence electrons. The third kappa shape index (κ3) is 3.96. The fourth-order valence-electron chi connectivity index (χ4n) is 1.92. The van der Waals surface area contributed by atoms with Crippen molar-refractivity contribution in [3.05, 3.63) is 36.4 Å². The third-order valence-corrected chi connectivity index (χ3v) is 3.76. The smallest absolute Gasteiger partial charge is 0.744 e. The van der Waals surface area contributed by atoms with Gasteiger partial charge in [-0.05, 0) is 18.6 Å². The number of unbranched alkanes of at least 4 members (excludes halogenated alkanes) is 1. The maximum atomic E-state index is 11.2. The van der Waals surface area contributed by atoms with Gasteiger partial charge in [0, 0.05) is 10.8 Å². The van der Waals surface area contributed by atoms with Crippen molar-refractivity contribution in [1.82, 2.24) is 0 Å². The molecule has 0 N–H and O–H groups in total. The van der Waals surface area contributed by atoms with Gasteiger partial charge in [0.1, 0.15) is 15.9 Å². The van der Waals surface area contributed by atoms with Crippen molar-refractivity contribution in [2.45, 2.75) is 24.7 Å². The average molecular weight is 302 g/mol. The maximum Gasteiger partial charge on any atom is 1.00 e. The second-order valence-electron chi connectivity index (χ2n) is 4.26. The molecule has 0 heterocycles. The van der Waals surface area contributed by atoms with E-state index in [0.29, 0.717) is 23.1 Å². The summed E-state index contributed by atoms with van der Waals surface area (Å²) in [7, 11) is -4.48. The van der Waals surface area contributed by atoms with E-state index in [4.69, 9.17) is 4.74 Å². The molecular weight excluding hydrogens is 287 g/mol. The third-order valence-electron chi connectivity index (χ3n) is 2.87. The zero-order valence-corrected chi connectivity index (χ0v) is 14.4. The van der Waals surface area contributed by atoms with E-state index >= 15 is 0 Å². The van der Waals surface area contributed by atoms with Gasteiger partial charge in [0.15, 0.2) is 0 Å². The van der Waals surface area contributed by atoms with Gasteiger partial charge in [-0.25, -0.2) is 8.42 Å². The average Bonchev–Trinajstić information content (AvgIpc) is 2.37. The standard InChI is InChI=1S/C14H16O4S.Na/c1-2-3-10-18-13-8-4-7-12-11(13)6-5-9-14(12)19(15,16)17;/h4-9H,2-3,10H2,1H3,(H,15,16,17);/q;+1/p-1. The molecule has 0 fully saturated rings. The number of hydrogen-bond donors (Lipinski definition) is 0. The summed E-state index contributed by atoms with van der Waals surface area (Å²) < 4.78 is 39.3. The van der Waals surface area contributed by atoms with Crippen LogP contribution in [0.15, 0.2) is 41.3 Å². The summed E-state index contributed by atoms with van der Waals surface area (Å²) >= 11 is 0. The van der Waals surface area contributed by atoms with Crippen LogP contribution in [0.25, 0.3) is 10.8 Å². The molecule has 0 aliphatic carbocycles. The molecule has 0 aliphatic rings. The summed E-state index contributed by atoms with van der Waals surface area (Å²) in [6.45, 7) is 2.64. The Balaban J connectivity index is 0.00000200. The Hall–Kier alpha value is -0.590. The molecule has 2 aromatic rings. The van der Waals surface area contributed by atoms with E-state index in [1.807, 2.05) is 0 Å². The van der Waals surface area contributed by atoms with E-state index in [2.05, 4.69) is 6.92 Å². The summed E-state index contributed by atoms with van der Waals surface area (Å²) in [5.41, 5.74) is 0. The monoisotopic (exact) mass is 302 g/mol. The van der Waals surface area contributed by atoms with E-state index < -0.39 is 10.1 Å². The zero-order chi connectivity index (χ0) is 13.9. The van der Waals surface area contributed by atoms with Crippen molar-refractivity contribution in [3.8, 4) is 5.75 Å². The molecule has 0 atom stereocenters. The molecule has 0 aromatic heterocycles. The van der Waals surface area contributed by atoms with Gasteiger partial charge in [0.25, 0.3) is 0 Å². The molecule has 20 heavy (non-hydrogen) atoms. The van der Waals surface area contributed by atoms with Crippen molar-refractivity contribution in [1.29, 1.82) is 0 Å². The summed E-state index contributed by atoms with van der Waals surface area (Å²) in [4.78, 5) is -0.203. The normalized spacial score (nSPS) is 11.1. The first kappa shape index (κ1) is 17.5. The van der Waals surface area contributed by atoms with Crippen molar-refractivity contribution in [2.75, 3.05) is 6.61 Å². The molecule has 0 amide bonds. The SMILES string of the molecule is CCCCOc1cccc2c(S(=O)(=O)[O-])cccc12.[Na+]. The Kier molecular flexibility index (Phi) is 6.48. The van der Waals surface area contributed by atoms with E-state index in [-0.39, 0.29) is 34.5 Å². The summed E-state index contributed by atoms with van der Waals surface area (Å²) in [6, 6.07) is 9.72. The van der Waals surface area contributed by atoms with Gasteiger partial charge in [0.05, 0.1) is 11.5 Å². The van der Waals surface area contributed by atoms with E-state index in [1.54, 1.807) is 30.3 Å². The first-order valence-corrected chi connectivity index (χ1v) is 7.55. The molecule has 0 saturated carbocycles. The largest absolute Gasteiger partial charge is 1.00 e. The van der Waals surface area contributed by atoms with Crippen LogP contribution < -0.4 is 34.3 Å². The maximum absolute atomic E-state index is 11.2. The van der Waals surface area contributed by atoms with Gasteiger partial charge < -0.3 is 9.29 Å². The molecule has 2 aromatic carbocycles. The fraction of sp³-hybridized carbons (Fsp3) is 0.286. The van der Waals surface area contributed by atoms with Crippen LogP contribution >= 0.6 is 0 Å². The van der Waals surface area contributed by atoms with E-state index in [9.17, 15) is 13.0 Å². The predicted octanol–water partition coefficient (Wildman–Crippen LogP) is -0.0732. The molecule has 0 aliphatic heterocycles. The quantitative estimate of drug-likeness (QED) is 0.440. The van der Waals surface area contributed by atoms with Crippen LogP contribution in [0.5, 0.6) is 5.75 Å². The summed E-state index contributed by atoms with van der Waals surface area (Å²) in [5.74, 6) is 0.608. The molecule has 0 bridgehead atoms. The molecular formula is C14H15NaO4S. The Morgan fingerprint density at radius 3 is 2.40 bits per heavy atom. The zero-order valence-electron chi connectivity index (χ0n) is 11.6. The van der Waals surface area contributed by atoms with E-state index in [0.717, 1.165) is 12.8 Å². The first-order chi connectivity index (χ1) is 9.04. The van der Waals surface area contributed by atoms with Crippen molar-refractivity contribution < 1.29 is 47.3 Å². The number of ether oxygens (including phenoxy) is 1. The van der Waals surface area contributed by atoms with Crippen LogP contribution in [0, 0.1) is 0 Å². The van der Waals surface area contributed by atoms with Gasteiger partial charge in [-0.3, -0.25) is 0 Å². The minimum absolute atomic E-state index is 0. The molecule has 4 nitrogen and oxygen atoms in total. The predicted molar refractivity (Wildman–Crippen MR) is 72.3 cm³/mol. The van der Waals surface area contributed by atoms with Crippen LogP contribution in [-0.2, 0) is 10.1 Å². The van der Waals surface area contributed by atoms with Crippen LogP contribution in [0.2, 0.25) is 0 Å². The topological polar surface area (TPSA) is 66.4 Å². The number of hydrogen-bond acceptors (Lipinski definition) is 4. The molecule has 0 saturated heterocycles. The molecule has 0 spiro atoms. The van der Waals surface area contributed by atoms with E-state index in [1.165, 1.54) is 6.07 Å². The van der Waals surface area contributed by atoms with Crippen LogP contribution in [0.3, 0.4) is 0 Å².